The molecule has 3 aromatic rings. The fraction of sp³-hybridized carbons (Fsp3) is 0.591. The summed E-state index contributed by atoms with van der Waals surface area (Å²) in [6.45, 7) is 1.77. The van der Waals surface area contributed by atoms with Crippen LogP contribution in [-0.2, 0) is 41.4 Å². The number of phosphoric acid groups is 2. The minimum absolute atomic E-state index is 0.0144. The molecule has 252 valence electrons. The molecule has 0 radical (unpaired) electrons. The molecule has 46 heavy (non-hydrogen) atoms. The molecule has 10 atom stereocenters. The minimum atomic E-state index is -5.32. The van der Waals surface area contributed by atoms with Crippen molar-refractivity contribution in [1.82, 2.24) is 24.5 Å². The van der Waals surface area contributed by atoms with Crippen LogP contribution in [0.4, 0.5) is 5.82 Å². The van der Waals surface area contributed by atoms with Gasteiger partial charge in [0.1, 0.15) is 65.3 Å². The first-order valence-electron chi connectivity index (χ1n) is 13.4. The summed E-state index contributed by atoms with van der Waals surface area (Å²) in [6, 6.07) is 0. The number of nitrogens with two attached hydrogens (primary N) is 2. The van der Waals surface area contributed by atoms with E-state index in [1.165, 1.54) is 16.3 Å². The average molecular weight is 710 g/mol. The number of aromatic nitrogens is 5. The van der Waals surface area contributed by atoms with E-state index >= 15 is 0 Å². The second-order valence-corrected chi connectivity index (χ2v) is 14.8. The van der Waals surface area contributed by atoms with Crippen molar-refractivity contribution in [3.63, 3.8) is 0 Å². The Hall–Kier alpha value is -2.53. The zero-order valence-corrected chi connectivity index (χ0v) is 26.4. The monoisotopic (exact) mass is 709 g/mol. The molecule has 8 N–H and O–H groups in total. The molecular weight excluding hydrogens is 680 g/mol. The van der Waals surface area contributed by atoms with E-state index in [4.69, 9.17) is 39.5 Å². The van der Waals surface area contributed by atoms with Gasteiger partial charge in [0.2, 0.25) is 0 Å². The molecule has 0 spiro atoms. The van der Waals surface area contributed by atoms with Crippen LogP contribution in [0.3, 0.4) is 0 Å². The van der Waals surface area contributed by atoms with Crippen LogP contribution < -0.4 is 11.5 Å². The number of hydrogen-bond acceptors (Lipinski definition) is 18. The van der Waals surface area contributed by atoms with Gasteiger partial charge in [0.15, 0.2) is 23.5 Å². The molecule has 3 aromatic heterocycles. The van der Waals surface area contributed by atoms with Gasteiger partial charge in [-0.25, -0.2) is 29.1 Å². The fourth-order valence-electron chi connectivity index (χ4n) is 5.21. The number of aliphatic hydroxyl groups is 2. The first-order chi connectivity index (χ1) is 21.5. The van der Waals surface area contributed by atoms with E-state index in [2.05, 4.69) is 24.2 Å². The lowest BCUT2D eigenvalue weighted by Crippen LogP contribution is -2.33. The van der Waals surface area contributed by atoms with Crippen LogP contribution >= 0.6 is 27.0 Å². The summed E-state index contributed by atoms with van der Waals surface area (Å²) in [5.74, 6) is -1.75. The zero-order chi connectivity index (χ0) is 33.2. The number of nitrogen functional groups attached to an aromatic ring is 1. The first kappa shape index (κ1) is 33.4. The summed E-state index contributed by atoms with van der Waals surface area (Å²) in [5, 5.41) is 22.8. The van der Waals surface area contributed by atoms with E-state index in [1.807, 2.05) is 0 Å². The van der Waals surface area contributed by atoms with Crippen LogP contribution in [0.5, 0.6) is 0 Å². The lowest BCUT2D eigenvalue weighted by Gasteiger charge is -2.24. The molecule has 3 aliphatic rings. The highest BCUT2D eigenvalue weighted by Gasteiger charge is 2.57. The van der Waals surface area contributed by atoms with Crippen LogP contribution in [0, 0.1) is 0 Å². The number of nitrogens with zero attached hydrogens (tertiary/aromatic N) is 5. The quantitative estimate of drug-likeness (QED) is 0.137. The third kappa shape index (κ3) is 6.60. The van der Waals surface area contributed by atoms with Gasteiger partial charge in [-0.2, -0.15) is 4.31 Å². The normalized spacial score (nSPS) is 33.2. The number of aliphatic hydroxyl groups excluding tert-OH is 2. The third-order valence-electron chi connectivity index (χ3n) is 7.18. The number of hydrogen-bond donors (Lipinski definition) is 6. The number of thiazole rings is 1. The third-order valence-corrected chi connectivity index (χ3v) is 10.7. The first-order valence-corrected chi connectivity index (χ1v) is 17.3. The summed E-state index contributed by atoms with van der Waals surface area (Å²) in [4.78, 5) is 48.0. The molecule has 3 saturated heterocycles. The van der Waals surface area contributed by atoms with E-state index in [-0.39, 0.29) is 22.7 Å². The van der Waals surface area contributed by atoms with E-state index in [0.717, 1.165) is 17.7 Å². The number of phosphoric ester groups is 2. The predicted octanol–water partition coefficient (Wildman–Crippen LogP) is -0.506. The summed E-state index contributed by atoms with van der Waals surface area (Å²) in [5.41, 5.74) is 11.5. The second kappa shape index (κ2) is 12.2. The average Bonchev–Trinajstić information content (AvgIpc) is 3.77. The molecule has 0 aliphatic carbocycles. The van der Waals surface area contributed by atoms with E-state index in [9.17, 15) is 33.9 Å². The Kier molecular flexibility index (Phi) is 8.83. The molecule has 21 nitrogen and oxygen atoms in total. The Morgan fingerprint density at radius 3 is 2.39 bits per heavy atom. The minimum Gasteiger partial charge on any atom is -0.387 e. The molecule has 1 amide bonds. The molecule has 6 heterocycles. The van der Waals surface area contributed by atoms with Crippen molar-refractivity contribution in [3.05, 3.63) is 28.7 Å². The molecular formula is C22H29N7O14P2S. The summed E-state index contributed by atoms with van der Waals surface area (Å²) in [7, 11) is -10.6. The van der Waals surface area contributed by atoms with Crippen molar-refractivity contribution < 1.29 is 66.2 Å². The molecule has 6 rings (SSSR count). The van der Waals surface area contributed by atoms with Gasteiger partial charge >= 0.3 is 15.6 Å². The zero-order valence-electron chi connectivity index (χ0n) is 23.8. The molecule has 0 bridgehead atoms. The lowest BCUT2D eigenvalue weighted by atomic mass is 10.1. The van der Waals surface area contributed by atoms with E-state index in [1.54, 1.807) is 13.8 Å². The maximum absolute atomic E-state index is 12.7. The summed E-state index contributed by atoms with van der Waals surface area (Å²) in [6.07, 6.45) is -6.91. The van der Waals surface area contributed by atoms with Gasteiger partial charge in [-0.05, 0) is 13.8 Å². The summed E-state index contributed by atoms with van der Waals surface area (Å²) < 4.78 is 64.0. The van der Waals surface area contributed by atoms with Crippen molar-refractivity contribution in [2.75, 3.05) is 18.9 Å². The standard InChI is InChI=1S/C22H29N7O14P2S/c1-22(2)41-14-10(39-16(15(14)42-22)20-28-8(5-46-20)18(24)32)4-38-45(35,36)43-44(33,34)37-3-9-12(30)13(31)21(40-9)29-7-27-11-17(23)25-6-26-19(11)29/h5-7,9-10,12-16,21,30-31H,3-4H2,1-2H3,(H2,24,32)(H,33,34)(H,35,36)(H2,23,25,26)/t9-,10?,12-,13-,14+,15+,16?,21?/m1/s1. The molecule has 0 saturated carbocycles. The Morgan fingerprint density at radius 1 is 1.04 bits per heavy atom. The number of ether oxygens (including phenoxy) is 4. The van der Waals surface area contributed by atoms with Crippen molar-refractivity contribution in [2.45, 2.75) is 68.6 Å². The van der Waals surface area contributed by atoms with Gasteiger partial charge in [0.05, 0.1) is 19.5 Å². The van der Waals surface area contributed by atoms with Crippen LogP contribution in [0.15, 0.2) is 18.0 Å². The SMILES string of the molecule is CC1(C)O[C@@H]2C(c3nc(C(N)=O)cs3)OC(COP(=O)(O)OP(=O)(O)OC[C@H]3OC(n4cnc5c(N)ncnc54)[C@H](O)[C@@H]3O)[C@@H]2O1. The van der Waals surface area contributed by atoms with E-state index < -0.39 is 89.5 Å². The van der Waals surface area contributed by atoms with Crippen molar-refractivity contribution in [3.8, 4) is 0 Å². The summed E-state index contributed by atoms with van der Waals surface area (Å²) >= 11 is 1.09. The maximum Gasteiger partial charge on any atom is 0.481 e. The van der Waals surface area contributed by atoms with Gasteiger partial charge in [-0.1, -0.05) is 0 Å². The van der Waals surface area contributed by atoms with Gasteiger partial charge in [-0.3, -0.25) is 18.4 Å². The number of carbonyl (C=O) groups is 1. The van der Waals surface area contributed by atoms with Crippen molar-refractivity contribution in [1.29, 1.82) is 0 Å². The van der Waals surface area contributed by atoms with Gasteiger partial charge in [0.25, 0.3) is 5.91 Å². The Bertz CT molecular complexity index is 1720. The number of amides is 1. The number of primary amides is 1. The van der Waals surface area contributed by atoms with Gasteiger partial charge in [-0.15, -0.1) is 11.3 Å². The molecule has 5 unspecified atom stereocenters. The molecule has 0 aromatic carbocycles. The highest BCUT2D eigenvalue weighted by molar-refractivity contribution is 7.61. The van der Waals surface area contributed by atoms with E-state index in [0.29, 0.717) is 5.01 Å². The second-order valence-electron chi connectivity index (χ2n) is 10.8. The number of anilines is 1. The highest BCUT2D eigenvalue weighted by atomic mass is 32.1. The Balaban J connectivity index is 1.06. The maximum atomic E-state index is 12.7. The molecule has 24 heteroatoms. The highest BCUT2D eigenvalue weighted by Crippen LogP contribution is 2.61. The van der Waals surface area contributed by atoms with Crippen LogP contribution in [0.1, 0.15) is 41.7 Å². The Labute approximate surface area is 262 Å². The van der Waals surface area contributed by atoms with Gasteiger partial charge < -0.3 is 50.4 Å². The predicted molar refractivity (Wildman–Crippen MR) is 150 cm³/mol. The van der Waals surface area contributed by atoms with Crippen LogP contribution in [-0.4, -0.2) is 106 Å². The number of carbonyl (C=O) groups excluding carboxylic acids is 1. The number of rotatable bonds is 11. The lowest BCUT2D eigenvalue weighted by molar-refractivity contribution is -0.190. The smallest absolute Gasteiger partial charge is 0.387 e. The van der Waals surface area contributed by atoms with Crippen molar-refractivity contribution >= 4 is 49.9 Å². The fourth-order valence-corrected chi connectivity index (χ4v) is 8.18. The van der Waals surface area contributed by atoms with Gasteiger partial charge in [0, 0.05) is 5.38 Å². The van der Waals surface area contributed by atoms with Crippen LogP contribution in [0.25, 0.3) is 11.2 Å². The largest absolute Gasteiger partial charge is 0.481 e. The van der Waals surface area contributed by atoms with Crippen molar-refractivity contribution in [2.24, 2.45) is 5.73 Å². The topological polar surface area (TPSA) is 305 Å². The Morgan fingerprint density at radius 2 is 1.72 bits per heavy atom. The molecule has 3 fully saturated rings. The number of fused-ring (bicyclic) bond motifs is 2. The van der Waals surface area contributed by atoms with Crippen LogP contribution in [0.2, 0.25) is 0 Å². The number of imidazole rings is 1. The molecule has 3 aliphatic heterocycles.